The minimum absolute atomic E-state index is 0.254. The molecule has 2 rings (SSSR count). The van der Waals surface area contributed by atoms with Crippen molar-refractivity contribution in [1.29, 1.82) is 0 Å². The van der Waals surface area contributed by atoms with Crippen LogP contribution in [0.4, 0.5) is 0 Å². The molecule has 2 aromatic rings. The maximum absolute atomic E-state index is 11.9. The summed E-state index contributed by atoms with van der Waals surface area (Å²) in [6, 6.07) is 10.9. The number of nitrogens with zero attached hydrogens (tertiary/aromatic N) is 2. The van der Waals surface area contributed by atoms with Crippen LogP contribution in [0.1, 0.15) is 22.8 Å². The topological polar surface area (TPSA) is 54.4 Å². The van der Waals surface area contributed by atoms with Crippen LogP contribution in [-0.4, -0.2) is 16.6 Å². The molecule has 0 aliphatic heterocycles. The summed E-state index contributed by atoms with van der Waals surface area (Å²) in [5.41, 5.74) is 4.65. The molecule has 1 heterocycles. The van der Waals surface area contributed by atoms with Gasteiger partial charge < -0.3 is 0 Å². The smallest absolute Gasteiger partial charge is 0.267 e. The third kappa shape index (κ3) is 3.48. The summed E-state index contributed by atoms with van der Waals surface area (Å²) in [6.07, 6.45) is 3.39. The number of nitrogens with one attached hydrogen (secondary N) is 1. The van der Waals surface area contributed by atoms with E-state index in [-0.39, 0.29) is 5.91 Å². The van der Waals surface area contributed by atoms with E-state index in [0.29, 0.717) is 11.3 Å². The second kappa shape index (κ2) is 6.24. The minimum atomic E-state index is -0.254. The highest BCUT2D eigenvalue weighted by Crippen LogP contribution is 2.15. The maximum Gasteiger partial charge on any atom is 0.272 e. The van der Waals surface area contributed by atoms with Crippen LogP contribution in [0.25, 0.3) is 0 Å². The molecule has 0 fully saturated rings. The quantitative estimate of drug-likeness (QED) is 0.699. The van der Waals surface area contributed by atoms with Gasteiger partial charge in [-0.2, -0.15) is 5.10 Å². The molecule has 96 valence electrons. The lowest BCUT2D eigenvalue weighted by Crippen LogP contribution is -2.19. The fourth-order valence-electron chi connectivity index (χ4n) is 1.48. The number of aromatic nitrogens is 1. The number of carbonyl (C=O) groups is 1. The summed E-state index contributed by atoms with van der Waals surface area (Å²) in [4.78, 5) is 15.9. The van der Waals surface area contributed by atoms with E-state index in [1.807, 2.05) is 31.2 Å². The third-order valence-corrected chi connectivity index (χ3v) is 3.21. The van der Waals surface area contributed by atoms with E-state index < -0.39 is 0 Å². The molecule has 0 bridgehead atoms. The van der Waals surface area contributed by atoms with Crippen molar-refractivity contribution in [3.05, 3.63) is 64.4 Å². The SMILES string of the molecule is C/C(=N\NC(=O)c1ccccc1Br)c1cccnc1. The average molecular weight is 318 g/mol. The van der Waals surface area contributed by atoms with Crippen LogP contribution < -0.4 is 5.43 Å². The second-order valence-electron chi connectivity index (χ2n) is 3.86. The van der Waals surface area contributed by atoms with Crippen LogP contribution in [0, 0.1) is 0 Å². The van der Waals surface area contributed by atoms with Gasteiger partial charge in [-0.3, -0.25) is 9.78 Å². The zero-order valence-electron chi connectivity index (χ0n) is 10.3. The van der Waals surface area contributed by atoms with Gasteiger partial charge in [0.2, 0.25) is 0 Å². The van der Waals surface area contributed by atoms with Crippen molar-refractivity contribution in [2.75, 3.05) is 0 Å². The number of halogens is 1. The van der Waals surface area contributed by atoms with E-state index in [2.05, 4.69) is 31.4 Å². The van der Waals surface area contributed by atoms with E-state index in [9.17, 15) is 4.79 Å². The molecule has 19 heavy (non-hydrogen) atoms. The lowest BCUT2D eigenvalue weighted by atomic mass is 10.2. The molecule has 5 heteroatoms. The van der Waals surface area contributed by atoms with Gasteiger partial charge in [-0.15, -0.1) is 0 Å². The predicted molar refractivity (Wildman–Crippen MR) is 78.1 cm³/mol. The van der Waals surface area contributed by atoms with Gasteiger partial charge in [0, 0.05) is 22.4 Å². The van der Waals surface area contributed by atoms with Crippen molar-refractivity contribution in [3.63, 3.8) is 0 Å². The zero-order chi connectivity index (χ0) is 13.7. The highest BCUT2D eigenvalue weighted by atomic mass is 79.9. The number of hydrogen-bond donors (Lipinski definition) is 1. The molecule has 0 radical (unpaired) electrons. The molecule has 1 N–H and O–H groups in total. The Morgan fingerprint density at radius 1 is 1.26 bits per heavy atom. The monoisotopic (exact) mass is 317 g/mol. The van der Waals surface area contributed by atoms with E-state index in [1.165, 1.54) is 0 Å². The predicted octanol–water partition coefficient (Wildman–Crippen LogP) is 3.00. The van der Waals surface area contributed by atoms with Gasteiger partial charge in [-0.05, 0) is 41.1 Å². The first-order valence-corrected chi connectivity index (χ1v) is 6.47. The van der Waals surface area contributed by atoms with E-state index in [0.717, 1.165) is 10.0 Å². The van der Waals surface area contributed by atoms with Crippen molar-refractivity contribution >= 4 is 27.5 Å². The number of pyridine rings is 1. The standard InChI is InChI=1S/C14H12BrN3O/c1-10(11-5-4-8-16-9-11)17-18-14(19)12-6-2-3-7-13(12)15/h2-9H,1H3,(H,18,19)/b17-10+. The zero-order valence-corrected chi connectivity index (χ0v) is 11.9. The van der Waals surface area contributed by atoms with Gasteiger partial charge in [-0.25, -0.2) is 5.43 Å². The summed E-state index contributed by atoms with van der Waals surface area (Å²) in [5.74, 6) is -0.254. The number of hydrazone groups is 1. The lowest BCUT2D eigenvalue weighted by molar-refractivity contribution is 0.0954. The summed E-state index contributed by atoms with van der Waals surface area (Å²) in [6.45, 7) is 1.82. The normalized spacial score (nSPS) is 11.2. The highest BCUT2D eigenvalue weighted by Gasteiger charge is 2.08. The molecule has 1 aromatic heterocycles. The molecule has 0 saturated heterocycles. The summed E-state index contributed by atoms with van der Waals surface area (Å²) in [5, 5.41) is 4.07. The van der Waals surface area contributed by atoms with Crippen molar-refractivity contribution in [2.24, 2.45) is 5.10 Å². The van der Waals surface area contributed by atoms with Crippen molar-refractivity contribution in [2.45, 2.75) is 6.92 Å². The maximum atomic E-state index is 11.9. The van der Waals surface area contributed by atoms with Gasteiger partial charge in [0.25, 0.3) is 5.91 Å². The summed E-state index contributed by atoms with van der Waals surface area (Å²) < 4.78 is 0.738. The molecule has 0 unspecified atom stereocenters. The van der Waals surface area contributed by atoms with Crippen LogP contribution in [0.2, 0.25) is 0 Å². The Balaban J connectivity index is 2.11. The van der Waals surface area contributed by atoms with E-state index in [1.54, 1.807) is 24.5 Å². The van der Waals surface area contributed by atoms with E-state index in [4.69, 9.17) is 0 Å². The number of benzene rings is 1. The Bertz CT molecular complexity index is 611. The van der Waals surface area contributed by atoms with Crippen LogP contribution in [0.15, 0.2) is 58.4 Å². The van der Waals surface area contributed by atoms with Crippen LogP contribution in [0.5, 0.6) is 0 Å². The second-order valence-corrected chi connectivity index (χ2v) is 4.71. The summed E-state index contributed by atoms with van der Waals surface area (Å²) in [7, 11) is 0. The minimum Gasteiger partial charge on any atom is -0.267 e. The van der Waals surface area contributed by atoms with Gasteiger partial charge in [0.15, 0.2) is 0 Å². The third-order valence-electron chi connectivity index (χ3n) is 2.52. The molecule has 0 aliphatic carbocycles. The molecule has 0 atom stereocenters. The first kappa shape index (κ1) is 13.4. The van der Waals surface area contributed by atoms with Crippen LogP contribution in [0.3, 0.4) is 0 Å². The number of rotatable bonds is 3. The molecular formula is C14H12BrN3O. The molecule has 0 saturated carbocycles. The largest absolute Gasteiger partial charge is 0.272 e. The lowest BCUT2D eigenvalue weighted by Gasteiger charge is -2.04. The molecule has 4 nitrogen and oxygen atoms in total. The first-order chi connectivity index (χ1) is 9.18. The Morgan fingerprint density at radius 3 is 2.74 bits per heavy atom. The van der Waals surface area contributed by atoms with Gasteiger partial charge in [-0.1, -0.05) is 18.2 Å². The van der Waals surface area contributed by atoms with E-state index >= 15 is 0 Å². The van der Waals surface area contributed by atoms with Crippen LogP contribution in [-0.2, 0) is 0 Å². The molecule has 0 aliphatic rings. The molecule has 0 spiro atoms. The molecule has 1 amide bonds. The van der Waals surface area contributed by atoms with Crippen molar-refractivity contribution in [1.82, 2.24) is 10.4 Å². The van der Waals surface area contributed by atoms with Gasteiger partial charge >= 0.3 is 0 Å². The van der Waals surface area contributed by atoms with Crippen molar-refractivity contribution in [3.8, 4) is 0 Å². The van der Waals surface area contributed by atoms with Crippen molar-refractivity contribution < 1.29 is 4.79 Å². The fourth-order valence-corrected chi connectivity index (χ4v) is 1.95. The number of hydrogen-bond acceptors (Lipinski definition) is 3. The Labute approximate surface area is 119 Å². The Hall–Kier alpha value is -2.01. The fraction of sp³-hybridized carbons (Fsp3) is 0.0714. The van der Waals surface area contributed by atoms with Gasteiger partial charge in [0.1, 0.15) is 0 Å². The Morgan fingerprint density at radius 2 is 2.05 bits per heavy atom. The average Bonchev–Trinajstić information content (AvgIpc) is 2.46. The van der Waals surface area contributed by atoms with Crippen LogP contribution >= 0.6 is 15.9 Å². The number of carbonyl (C=O) groups excluding carboxylic acids is 1. The Kier molecular flexibility index (Phi) is 4.41. The number of amides is 1. The van der Waals surface area contributed by atoms with Gasteiger partial charge in [0.05, 0.1) is 11.3 Å². The molecular weight excluding hydrogens is 306 g/mol. The first-order valence-electron chi connectivity index (χ1n) is 5.68. The molecule has 1 aromatic carbocycles. The summed E-state index contributed by atoms with van der Waals surface area (Å²) >= 11 is 3.33. The highest BCUT2D eigenvalue weighted by molar-refractivity contribution is 9.10.